The van der Waals surface area contributed by atoms with Crippen molar-refractivity contribution in [2.24, 2.45) is 17.8 Å². The molecule has 2 rings (SSSR count). The molecule has 0 aliphatic carbocycles. The Balaban J connectivity index is 1.79. The third-order valence-electron chi connectivity index (χ3n) is 5.87. The van der Waals surface area contributed by atoms with E-state index in [1.165, 1.54) is 12.8 Å². The summed E-state index contributed by atoms with van der Waals surface area (Å²) in [6.45, 7) is 14.8. The number of ether oxygens (including phenoxy) is 2. The Morgan fingerprint density at radius 2 is 1.92 bits per heavy atom. The van der Waals surface area contributed by atoms with Crippen LogP contribution in [0.4, 0.5) is 0 Å². The average Bonchev–Trinajstić information content (AvgIpc) is 2.61. The zero-order valence-corrected chi connectivity index (χ0v) is 15.9. The molecule has 24 heavy (non-hydrogen) atoms. The van der Waals surface area contributed by atoms with E-state index in [2.05, 4.69) is 32.3 Å². The van der Waals surface area contributed by atoms with E-state index >= 15 is 0 Å². The molecular formula is C20H37NO3. The second kappa shape index (κ2) is 9.91. The summed E-state index contributed by atoms with van der Waals surface area (Å²) in [6, 6.07) is 0.290. The smallest absolute Gasteiger partial charge is 0.157 e. The van der Waals surface area contributed by atoms with E-state index in [0.717, 1.165) is 51.1 Å². The van der Waals surface area contributed by atoms with Gasteiger partial charge in [0.05, 0.1) is 13.2 Å². The number of hydrogen-bond donors (Lipinski definition) is 1. The maximum atomic E-state index is 9.59. The molecule has 2 fully saturated rings. The normalized spacial score (nSPS) is 26.5. The summed E-state index contributed by atoms with van der Waals surface area (Å²) in [5.74, 6) is 1.72. The molecule has 1 N–H and O–H groups in total. The first-order chi connectivity index (χ1) is 11.5. The fourth-order valence-electron chi connectivity index (χ4n) is 3.90. The Morgan fingerprint density at radius 3 is 2.46 bits per heavy atom. The zero-order valence-electron chi connectivity index (χ0n) is 15.9. The number of rotatable bonds is 8. The van der Waals surface area contributed by atoms with Crippen molar-refractivity contribution in [3.63, 3.8) is 0 Å². The van der Waals surface area contributed by atoms with Crippen LogP contribution in [-0.4, -0.2) is 55.2 Å². The highest BCUT2D eigenvalue weighted by atomic mass is 16.7. The second-order valence-corrected chi connectivity index (χ2v) is 7.97. The maximum Gasteiger partial charge on any atom is 0.157 e. The van der Waals surface area contributed by atoms with Gasteiger partial charge in [0, 0.05) is 12.6 Å². The fourth-order valence-corrected chi connectivity index (χ4v) is 3.90. The lowest BCUT2D eigenvalue weighted by molar-refractivity contribution is -0.171. The van der Waals surface area contributed by atoms with Gasteiger partial charge in [-0.3, -0.25) is 4.90 Å². The van der Waals surface area contributed by atoms with E-state index < -0.39 is 0 Å². The topological polar surface area (TPSA) is 41.9 Å². The van der Waals surface area contributed by atoms with Crippen LogP contribution in [0.2, 0.25) is 0 Å². The molecule has 0 aromatic heterocycles. The summed E-state index contributed by atoms with van der Waals surface area (Å²) in [7, 11) is 0. The number of nitrogens with zero attached hydrogens (tertiary/aromatic N) is 1. The van der Waals surface area contributed by atoms with Crippen LogP contribution in [-0.2, 0) is 9.47 Å². The van der Waals surface area contributed by atoms with Gasteiger partial charge in [0.1, 0.15) is 0 Å². The minimum atomic E-state index is 0.0275. The molecule has 0 amide bonds. The van der Waals surface area contributed by atoms with E-state index in [1.807, 2.05) is 0 Å². The summed E-state index contributed by atoms with van der Waals surface area (Å²) in [6.07, 6.45) is 5.78. The molecule has 2 aliphatic rings. The van der Waals surface area contributed by atoms with Gasteiger partial charge in [-0.25, -0.2) is 0 Å². The predicted molar refractivity (Wildman–Crippen MR) is 97.9 cm³/mol. The summed E-state index contributed by atoms with van der Waals surface area (Å²) >= 11 is 0. The minimum absolute atomic E-state index is 0.0275. The van der Waals surface area contributed by atoms with Gasteiger partial charge in [-0.1, -0.05) is 27.4 Å². The molecule has 0 saturated carbocycles. The predicted octanol–water partition coefficient (Wildman–Crippen LogP) is 3.45. The molecule has 0 bridgehead atoms. The summed E-state index contributed by atoms with van der Waals surface area (Å²) < 4.78 is 11.6. The van der Waals surface area contributed by atoms with Crippen LogP contribution in [0.5, 0.6) is 0 Å². The average molecular weight is 340 g/mol. The molecule has 0 spiro atoms. The molecule has 2 unspecified atom stereocenters. The van der Waals surface area contributed by atoms with Crippen LogP contribution in [0.1, 0.15) is 52.9 Å². The first kappa shape index (κ1) is 19.9. The molecule has 2 heterocycles. The summed E-state index contributed by atoms with van der Waals surface area (Å²) in [5.41, 5.74) is 0.960. The van der Waals surface area contributed by atoms with Crippen molar-refractivity contribution in [1.29, 1.82) is 0 Å². The molecule has 0 radical (unpaired) electrons. The fraction of sp³-hybridized carbons (Fsp3) is 0.900. The Kier molecular flexibility index (Phi) is 8.21. The van der Waals surface area contributed by atoms with Crippen molar-refractivity contribution in [3.8, 4) is 0 Å². The molecule has 4 heteroatoms. The van der Waals surface area contributed by atoms with Crippen LogP contribution in [0.15, 0.2) is 12.2 Å². The van der Waals surface area contributed by atoms with Crippen molar-refractivity contribution >= 4 is 0 Å². The Morgan fingerprint density at radius 1 is 1.21 bits per heavy atom. The molecule has 0 aromatic rings. The number of aliphatic hydroxyl groups is 1. The largest absolute Gasteiger partial charge is 0.392 e. The number of likely N-dealkylation sites (tertiary alicyclic amines) is 1. The SMILES string of the molecule is C=C(CO)C([C@H](C)C(C)C)N1CCC(COC2CCCCO2)CC1. The van der Waals surface area contributed by atoms with Crippen LogP contribution in [0.25, 0.3) is 0 Å². The quantitative estimate of drug-likeness (QED) is 0.688. The highest BCUT2D eigenvalue weighted by Gasteiger charge is 2.31. The zero-order chi connectivity index (χ0) is 17.5. The molecule has 140 valence electrons. The Bertz CT molecular complexity index is 371. The van der Waals surface area contributed by atoms with Gasteiger partial charge in [-0.15, -0.1) is 0 Å². The van der Waals surface area contributed by atoms with Gasteiger partial charge in [0.15, 0.2) is 6.29 Å². The molecule has 2 aliphatic heterocycles. The van der Waals surface area contributed by atoms with Gasteiger partial charge in [0.2, 0.25) is 0 Å². The highest BCUT2D eigenvalue weighted by molar-refractivity contribution is 5.09. The van der Waals surface area contributed by atoms with Crippen LogP contribution < -0.4 is 0 Å². The second-order valence-electron chi connectivity index (χ2n) is 7.97. The summed E-state index contributed by atoms with van der Waals surface area (Å²) in [4.78, 5) is 2.52. The first-order valence-corrected chi connectivity index (χ1v) is 9.78. The van der Waals surface area contributed by atoms with Gasteiger partial charge < -0.3 is 14.6 Å². The van der Waals surface area contributed by atoms with Crippen molar-refractivity contribution < 1.29 is 14.6 Å². The molecule has 3 atom stereocenters. The van der Waals surface area contributed by atoms with E-state index in [-0.39, 0.29) is 12.9 Å². The molecule has 2 saturated heterocycles. The lowest BCUT2D eigenvalue weighted by Crippen LogP contribution is -2.47. The third-order valence-corrected chi connectivity index (χ3v) is 5.87. The summed E-state index contributed by atoms with van der Waals surface area (Å²) in [5, 5.41) is 9.59. The van der Waals surface area contributed by atoms with Crippen LogP contribution in [0.3, 0.4) is 0 Å². The van der Waals surface area contributed by atoms with E-state index in [1.54, 1.807) is 0 Å². The van der Waals surface area contributed by atoms with Gasteiger partial charge in [-0.05, 0) is 68.5 Å². The highest BCUT2D eigenvalue weighted by Crippen LogP contribution is 2.29. The minimum Gasteiger partial charge on any atom is -0.392 e. The molecule has 4 nitrogen and oxygen atoms in total. The Labute approximate surface area is 148 Å². The van der Waals surface area contributed by atoms with Gasteiger partial charge in [0.25, 0.3) is 0 Å². The van der Waals surface area contributed by atoms with Gasteiger partial charge >= 0.3 is 0 Å². The maximum absolute atomic E-state index is 9.59. The number of aliphatic hydroxyl groups excluding tert-OH is 1. The molecular weight excluding hydrogens is 302 g/mol. The van der Waals surface area contributed by atoms with Gasteiger partial charge in [-0.2, -0.15) is 0 Å². The first-order valence-electron chi connectivity index (χ1n) is 9.78. The van der Waals surface area contributed by atoms with E-state index in [9.17, 15) is 5.11 Å². The van der Waals surface area contributed by atoms with Crippen molar-refractivity contribution in [2.45, 2.75) is 65.2 Å². The van der Waals surface area contributed by atoms with Crippen molar-refractivity contribution in [2.75, 3.05) is 32.9 Å². The van der Waals surface area contributed by atoms with Crippen LogP contribution >= 0.6 is 0 Å². The number of piperidine rings is 1. The van der Waals surface area contributed by atoms with Crippen molar-refractivity contribution in [1.82, 2.24) is 4.90 Å². The number of hydrogen-bond acceptors (Lipinski definition) is 4. The third kappa shape index (κ3) is 5.55. The monoisotopic (exact) mass is 339 g/mol. The standard InChI is InChI=1S/C20H37NO3/c1-15(2)17(4)20(16(3)13-22)21-10-8-18(9-11-21)14-24-19-7-5-6-12-23-19/h15,17-20,22H,3,5-14H2,1-2,4H3/t17-,19?,20?/m1/s1. The van der Waals surface area contributed by atoms with E-state index in [0.29, 0.717) is 23.8 Å². The van der Waals surface area contributed by atoms with Crippen molar-refractivity contribution in [3.05, 3.63) is 12.2 Å². The van der Waals surface area contributed by atoms with Crippen LogP contribution in [0, 0.1) is 17.8 Å². The van der Waals surface area contributed by atoms with E-state index in [4.69, 9.17) is 9.47 Å². The molecule has 0 aromatic carbocycles. The lowest BCUT2D eigenvalue weighted by Gasteiger charge is -2.42. The Hall–Kier alpha value is -0.420. The lowest BCUT2D eigenvalue weighted by atomic mass is 9.83.